The van der Waals surface area contributed by atoms with Gasteiger partial charge in [-0.1, -0.05) is 29.8 Å². The van der Waals surface area contributed by atoms with Crippen LogP contribution in [0.4, 0.5) is 0 Å². The highest BCUT2D eigenvalue weighted by molar-refractivity contribution is 5.94. The molecule has 1 heterocycles. The smallest absolute Gasteiger partial charge is 0.253 e. The SMILES string of the molecule is COc1cccc(C(C#N)N2CCN(C(=O)c3ccc(C)cc3)CC2)c1. The van der Waals surface area contributed by atoms with Crippen LogP contribution in [-0.2, 0) is 0 Å². The second kappa shape index (κ2) is 8.03. The van der Waals surface area contributed by atoms with Gasteiger partial charge in [0.05, 0.1) is 13.2 Å². The number of amides is 1. The minimum absolute atomic E-state index is 0.0551. The van der Waals surface area contributed by atoms with E-state index in [1.807, 2.05) is 60.4 Å². The third kappa shape index (κ3) is 3.87. The third-order valence-electron chi connectivity index (χ3n) is 4.80. The molecule has 5 nitrogen and oxygen atoms in total. The van der Waals surface area contributed by atoms with Crippen LogP contribution >= 0.6 is 0 Å². The van der Waals surface area contributed by atoms with Gasteiger partial charge >= 0.3 is 0 Å². The lowest BCUT2D eigenvalue weighted by Gasteiger charge is -2.37. The fourth-order valence-corrected chi connectivity index (χ4v) is 3.24. The van der Waals surface area contributed by atoms with Crippen LogP contribution in [0.3, 0.4) is 0 Å². The number of hydrogen-bond acceptors (Lipinski definition) is 4. The van der Waals surface area contributed by atoms with E-state index in [0.717, 1.165) is 16.9 Å². The summed E-state index contributed by atoms with van der Waals surface area (Å²) in [4.78, 5) is 16.6. The topological polar surface area (TPSA) is 56.6 Å². The van der Waals surface area contributed by atoms with Crippen LogP contribution in [0.1, 0.15) is 27.5 Å². The van der Waals surface area contributed by atoms with Gasteiger partial charge in [0.2, 0.25) is 0 Å². The number of aryl methyl sites for hydroxylation is 1. The number of carbonyl (C=O) groups excluding carboxylic acids is 1. The first-order chi connectivity index (χ1) is 12.6. The molecule has 5 heteroatoms. The van der Waals surface area contributed by atoms with Crippen molar-refractivity contribution < 1.29 is 9.53 Å². The lowest BCUT2D eigenvalue weighted by atomic mass is 10.0. The molecule has 2 aromatic carbocycles. The van der Waals surface area contributed by atoms with E-state index in [2.05, 4.69) is 11.0 Å². The summed E-state index contributed by atoms with van der Waals surface area (Å²) in [5.41, 5.74) is 2.78. The Labute approximate surface area is 154 Å². The molecule has 0 aliphatic carbocycles. The Morgan fingerprint density at radius 3 is 2.42 bits per heavy atom. The molecule has 0 aromatic heterocycles. The first-order valence-electron chi connectivity index (χ1n) is 8.76. The second-order valence-corrected chi connectivity index (χ2v) is 6.50. The maximum atomic E-state index is 12.6. The number of carbonyl (C=O) groups is 1. The first-order valence-corrected chi connectivity index (χ1v) is 8.76. The number of nitrogens with zero attached hydrogens (tertiary/aromatic N) is 3. The van der Waals surface area contributed by atoms with Crippen LogP contribution in [0.2, 0.25) is 0 Å². The summed E-state index contributed by atoms with van der Waals surface area (Å²) in [5.74, 6) is 0.801. The van der Waals surface area contributed by atoms with Crippen molar-refractivity contribution in [2.45, 2.75) is 13.0 Å². The van der Waals surface area contributed by atoms with E-state index in [9.17, 15) is 10.1 Å². The monoisotopic (exact) mass is 349 g/mol. The van der Waals surface area contributed by atoms with Gasteiger partial charge in [0.15, 0.2) is 0 Å². The highest BCUT2D eigenvalue weighted by Crippen LogP contribution is 2.25. The maximum absolute atomic E-state index is 12.6. The minimum Gasteiger partial charge on any atom is -0.497 e. The molecule has 1 atom stereocenters. The highest BCUT2D eigenvalue weighted by Gasteiger charge is 2.27. The summed E-state index contributed by atoms with van der Waals surface area (Å²) in [6.45, 7) is 4.59. The molecular formula is C21H23N3O2. The van der Waals surface area contributed by atoms with Gasteiger partial charge in [0.25, 0.3) is 5.91 Å². The van der Waals surface area contributed by atoms with E-state index < -0.39 is 0 Å². The number of rotatable bonds is 4. The molecule has 1 fully saturated rings. The summed E-state index contributed by atoms with van der Waals surface area (Å²) < 4.78 is 5.26. The van der Waals surface area contributed by atoms with Crippen molar-refractivity contribution >= 4 is 5.91 Å². The van der Waals surface area contributed by atoms with Crippen LogP contribution in [0.5, 0.6) is 5.75 Å². The Kier molecular flexibility index (Phi) is 5.55. The van der Waals surface area contributed by atoms with Gasteiger partial charge in [-0.25, -0.2) is 0 Å². The number of methoxy groups -OCH3 is 1. The van der Waals surface area contributed by atoms with Crippen LogP contribution < -0.4 is 4.74 Å². The van der Waals surface area contributed by atoms with Crippen molar-refractivity contribution in [3.05, 3.63) is 65.2 Å². The molecule has 1 amide bonds. The Balaban J connectivity index is 1.66. The molecule has 2 aromatic rings. The molecule has 26 heavy (non-hydrogen) atoms. The summed E-state index contributed by atoms with van der Waals surface area (Å²) >= 11 is 0. The van der Waals surface area contributed by atoms with Gasteiger partial charge in [-0.15, -0.1) is 0 Å². The normalized spacial score (nSPS) is 16.0. The molecule has 3 rings (SSSR count). The van der Waals surface area contributed by atoms with E-state index in [-0.39, 0.29) is 11.9 Å². The van der Waals surface area contributed by atoms with Crippen LogP contribution in [0, 0.1) is 18.3 Å². The van der Waals surface area contributed by atoms with Crippen molar-refractivity contribution in [2.24, 2.45) is 0 Å². The van der Waals surface area contributed by atoms with E-state index >= 15 is 0 Å². The average Bonchev–Trinajstić information content (AvgIpc) is 2.69. The van der Waals surface area contributed by atoms with Gasteiger partial charge in [-0.3, -0.25) is 9.69 Å². The van der Waals surface area contributed by atoms with Crippen molar-refractivity contribution in [3.8, 4) is 11.8 Å². The molecule has 0 N–H and O–H groups in total. The Hall–Kier alpha value is -2.84. The largest absolute Gasteiger partial charge is 0.497 e. The quantitative estimate of drug-likeness (QED) is 0.851. The number of nitriles is 1. The Morgan fingerprint density at radius 2 is 1.81 bits per heavy atom. The van der Waals surface area contributed by atoms with Gasteiger partial charge in [-0.2, -0.15) is 5.26 Å². The Bertz CT molecular complexity index is 803. The van der Waals surface area contributed by atoms with Gasteiger partial charge < -0.3 is 9.64 Å². The van der Waals surface area contributed by atoms with Crippen LogP contribution in [-0.4, -0.2) is 49.0 Å². The molecule has 0 spiro atoms. The number of piperazine rings is 1. The van der Waals surface area contributed by atoms with Crippen molar-refractivity contribution in [1.29, 1.82) is 5.26 Å². The molecule has 1 saturated heterocycles. The number of hydrogen-bond donors (Lipinski definition) is 0. The van der Waals surface area contributed by atoms with Crippen molar-refractivity contribution in [1.82, 2.24) is 9.80 Å². The second-order valence-electron chi connectivity index (χ2n) is 6.50. The highest BCUT2D eigenvalue weighted by atomic mass is 16.5. The predicted octanol–water partition coefficient (Wildman–Crippen LogP) is 3.03. The van der Waals surface area contributed by atoms with Crippen LogP contribution in [0.15, 0.2) is 48.5 Å². The lowest BCUT2D eigenvalue weighted by molar-refractivity contribution is 0.0606. The fraction of sp³-hybridized carbons (Fsp3) is 0.333. The third-order valence-corrected chi connectivity index (χ3v) is 4.80. The lowest BCUT2D eigenvalue weighted by Crippen LogP contribution is -2.49. The summed E-state index contributed by atoms with van der Waals surface area (Å²) in [7, 11) is 1.62. The Morgan fingerprint density at radius 1 is 1.12 bits per heavy atom. The first kappa shape index (κ1) is 18.0. The standard InChI is InChI=1S/C21H23N3O2/c1-16-6-8-17(9-7-16)21(25)24-12-10-23(11-13-24)20(15-22)18-4-3-5-19(14-18)26-2/h3-9,14,20H,10-13H2,1-2H3. The summed E-state index contributed by atoms with van der Waals surface area (Å²) in [5, 5.41) is 9.66. The molecule has 0 radical (unpaired) electrons. The fourth-order valence-electron chi connectivity index (χ4n) is 3.24. The van der Waals surface area contributed by atoms with Crippen molar-refractivity contribution in [2.75, 3.05) is 33.3 Å². The van der Waals surface area contributed by atoms with E-state index in [1.165, 1.54) is 0 Å². The van der Waals surface area contributed by atoms with E-state index in [1.54, 1.807) is 7.11 Å². The molecule has 0 bridgehead atoms. The minimum atomic E-state index is -0.332. The number of benzene rings is 2. The van der Waals surface area contributed by atoms with Gasteiger partial charge in [-0.05, 0) is 36.8 Å². The van der Waals surface area contributed by atoms with Gasteiger partial charge in [0, 0.05) is 31.7 Å². The van der Waals surface area contributed by atoms with Gasteiger partial charge in [0.1, 0.15) is 11.8 Å². The molecule has 1 aliphatic rings. The van der Waals surface area contributed by atoms with E-state index in [0.29, 0.717) is 31.7 Å². The summed E-state index contributed by atoms with van der Waals surface area (Å²) in [6.07, 6.45) is 0. The molecule has 0 saturated carbocycles. The number of ether oxygens (including phenoxy) is 1. The van der Waals surface area contributed by atoms with E-state index in [4.69, 9.17) is 4.74 Å². The molecule has 1 aliphatic heterocycles. The van der Waals surface area contributed by atoms with Crippen LogP contribution in [0.25, 0.3) is 0 Å². The zero-order valence-corrected chi connectivity index (χ0v) is 15.2. The van der Waals surface area contributed by atoms with Crippen molar-refractivity contribution in [3.63, 3.8) is 0 Å². The maximum Gasteiger partial charge on any atom is 0.253 e. The average molecular weight is 349 g/mol. The molecule has 134 valence electrons. The predicted molar refractivity (Wildman–Crippen MR) is 100 cm³/mol. The zero-order valence-electron chi connectivity index (χ0n) is 15.2. The summed E-state index contributed by atoms with van der Waals surface area (Å²) in [6, 6.07) is 17.3. The molecule has 1 unspecified atom stereocenters. The zero-order chi connectivity index (χ0) is 18.5. The molecular weight excluding hydrogens is 326 g/mol.